The molecule has 1 aromatic heterocycles. The van der Waals surface area contributed by atoms with Crippen LogP contribution in [0.1, 0.15) is 24.2 Å². The van der Waals surface area contributed by atoms with Gasteiger partial charge in [0.25, 0.3) is 5.91 Å². The van der Waals surface area contributed by atoms with E-state index in [2.05, 4.69) is 4.98 Å². The van der Waals surface area contributed by atoms with Crippen molar-refractivity contribution >= 4 is 16.8 Å². The highest BCUT2D eigenvalue weighted by Gasteiger charge is 2.18. The number of carbonyl (C=O) groups excluding carboxylic acids is 1. The molecule has 1 amide bonds. The molecule has 0 radical (unpaired) electrons. The van der Waals surface area contributed by atoms with E-state index in [1.54, 1.807) is 25.3 Å². The Bertz CT molecular complexity index is 615. The van der Waals surface area contributed by atoms with Crippen LogP contribution in [0.3, 0.4) is 0 Å². The summed E-state index contributed by atoms with van der Waals surface area (Å²) >= 11 is 0. The molecule has 0 aliphatic rings. The van der Waals surface area contributed by atoms with Crippen LogP contribution in [0.4, 0.5) is 0 Å². The Morgan fingerprint density at radius 2 is 1.75 bits per heavy atom. The maximum atomic E-state index is 12.5. The number of benzene rings is 1. The van der Waals surface area contributed by atoms with Crippen LogP contribution in [0.2, 0.25) is 0 Å². The van der Waals surface area contributed by atoms with E-state index in [1.807, 2.05) is 26.0 Å². The maximum absolute atomic E-state index is 12.5. The molecule has 5 nitrogen and oxygen atoms in total. The van der Waals surface area contributed by atoms with E-state index >= 15 is 0 Å². The van der Waals surface area contributed by atoms with Crippen molar-refractivity contribution in [1.82, 2.24) is 9.88 Å². The van der Waals surface area contributed by atoms with Crippen LogP contribution in [-0.4, -0.2) is 43.1 Å². The second-order valence-electron chi connectivity index (χ2n) is 4.43. The Hall–Kier alpha value is -2.17. The molecule has 5 heteroatoms. The summed E-state index contributed by atoms with van der Waals surface area (Å²) in [5.74, 6) is 1.28. The molecular weight excluding hydrogens is 256 g/mol. The predicted molar refractivity (Wildman–Crippen MR) is 78.7 cm³/mol. The van der Waals surface area contributed by atoms with Crippen molar-refractivity contribution in [1.29, 1.82) is 0 Å². The summed E-state index contributed by atoms with van der Waals surface area (Å²) in [6, 6.07) is 3.68. The molecule has 0 fully saturated rings. The van der Waals surface area contributed by atoms with E-state index in [0.717, 1.165) is 10.9 Å². The zero-order valence-corrected chi connectivity index (χ0v) is 12.3. The minimum absolute atomic E-state index is 0.0217. The predicted octanol–water partition coefficient (Wildman–Crippen LogP) is 2.67. The van der Waals surface area contributed by atoms with E-state index in [0.29, 0.717) is 30.2 Å². The normalized spacial score (nSPS) is 10.6. The van der Waals surface area contributed by atoms with E-state index in [1.165, 1.54) is 0 Å². The fourth-order valence-electron chi connectivity index (χ4n) is 2.31. The first kappa shape index (κ1) is 14.2. The number of carbonyl (C=O) groups is 1. The van der Waals surface area contributed by atoms with E-state index in [9.17, 15) is 4.79 Å². The summed E-state index contributed by atoms with van der Waals surface area (Å²) in [6.07, 6.45) is 1.74. The lowest BCUT2D eigenvalue weighted by atomic mass is 10.1. The van der Waals surface area contributed by atoms with Gasteiger partial charge in [0.1, 0.15) is 0 Å². The molecular formula is C15H20N2O3. The van der Waals surface area contributed by atoms with Gasteiger partial charge in [-0.1, -0.05) is 0 Å². The standard InChI is InChI=1S/C15H20N2O3/c1-5-17(6-2)15(18)11-9-16-12-8-14(20-4)13(19-3)7-10(11)12/h7-9,16H,5-6H2,1-4H3. The third-order valence-corrected chi connectivity index (χ3v) is 3.47. The van der Waals surface area contributed by atoms with Gasteiger partial charge < -0.3 is 19.4 Å². The summed E-state index contributed by atoms with van der Waals surface area (Å²) in [6.45, 7) is 5.32. The quantitative estimate of drug-likeness (QED) is 0.913. The lowest BCUT2D eigenvalue weighted by molar-refractivity contribution is 0.0775. The second-order valence-corrected chi connectivity index (χ2v) is 4.43. The fourth-order valence-corrected chi connectivity index (χ4v) is 2.31. The van der Waals surface area contributed by atoms with Crippen molar-refractivity contribution in [3.8, 4) is 11.5 Å². The minimum Gasteiger partial charge on any atom is -0.493 e. The number of methoxy groups -OCH3 is 2. The zero-order chi connectivity index (χ0) is 14.7. The topological polar surface area (TPSA) is 54.6 Å². The van der Waals surface area contributed by atoms with Gasteiger partial charge >= 0.3 is 0 Å². The molecule has 1 aromatic carbocycles. The molecule has 0 bridgehead atoms. The van der Waals surface area contributed by atoms with Gasteiger partial charge in [-0.25, -0.2) is 0 Å². The second kappa shape index (κ2) is 5.86. The van der Waals surface area contributed by atoms with Crippen molar-refractivity contribution in [3.63, 3.8) is 0 Å². The molecule has 0 saturated carbocycles. The molecule has 0 aliphatic carbocycles. The largest absolute Gasteiger partial charge is 0.493 e. The van der Waals surface area contributed by atoms with Crippen molar-refractivity contribution in [2.45, 2.75) is 13.8 Å². The maximum Gasteiger partial charge on any atom is 0.256 e. The number of aromatic amines is 1. The summed E-state index contributed by atoms with van der Waals surface area (Å²) < 4.78 is 10.6. The van der Waals surface area contributed by atoms with Gasteiger partial charge in [0, 0.05) is 30.7 Å². The molecule has 0 atom stereocenters. The first-order valence-corrected chi connectivity index (χ1v) is 6.68. The number of nitrogens with one attached hydrogen (secondary N) is 1. The Balaban J connectivity index is 2.53. The van der Waals surface area contributed by atoms with Crippen molar-refractivity contribution < 1.29 is 14.3 Å². The van der Waals surface area contributed by atoms with Gasteiger partial charge in [0.2, 0.25) is 0 Å². The van der Waals surface area contributed by atoms with Gasteiger partial charge in [0.05, 0.1) is 25.3 Å². The van der Waals surface area contributed by atoms with Crippen LogP contribution in [0.15, 0.2) is 18.3 Å². The van der Waals surface area contributed by atoms with E-state index in [-0.39, 0.29) is 5.91 Å². The van der Waals surface area contributed by atoms with E-state index in [4.69, 9.17) is 9.47 Å². The van der Waals surface area contributed by atoms with Gasteiger partial charge in [0.15, 0.2) is 11.5 Å². The molecule has 0 saturated heterocycles. The third-order valence-electron chi connectivity index (χ3n) is 3.47. The third kappa shape index (κ3) is 2.31. The molecule has 108 valence electrons. The highest BCUT2D eigenvalue weighted by atomic mass is 16.5. The van der Waals surface area contributed by atoms with Crippen LogP contribution < -0.4 is 9.47 Å². The first-order chi connectivity index (χ1) is 9.65. The van der Waals surface area contributed by atoms with Gasteiger partial charge in [-0.05, 0) is 19.9 Å². The van der Waals surface area contributed by atoms with Crippen LogP contribution >= 0.6 is 0 Å². The Labute approximate surface area is 118 Å². The molecule has 0 aliphatic heterocycles. The Kier molecular flexibility index (Phi) is 4.17. The van der Waals surface area contributed by atoms with Crippen molar-refractivity contribution in [3.05, 3.63) is 23.9 Å². The SMILES string of the molecule is CCN(CC)C(=O)c1c[nH]c2cc(OC)c(OC)cc12. The lowest BCUT2D eigenvalue weighted by Crippen LogP contribution is -2.30. The number of hydrogen-bond donors (Lipinski definition) is 1. The van der Waals surface area contributed by atoms with Crippen LogP contribution in [-0.2, 0) is 0 Å². The number of nitrogens with zero attached hydrogens (tertiary/aromatic N) is 1. The van der Waals surface area contributed by atoms with Gasteiger partial charge in [-0.3, -0.25) is 4.79 Å². The number of rotatable bonds is 5. The molecule has 2 rings (SSSR count). The summed E-state index contributed by atoms with van der Waals surface area (Å²) in [4.78, 5) is 17.4. The summed E-state index contributed by atoms with van der Waals surface area (Å²) in [5, 5.41) is 0.847. The first-order valence-electron chi connectivity index (χ1n) is 6.68. The molecule has 0 unspecified atom stereocenters. The van der Waals surface area contributed by atoms with Gasteiger partial charge in [-0.2, -0.15) is 0 Å². The van der Waals surface area contributed by atoms with Crippen molar-refractivity contribution in [2.24, 2.45) is 0 Å². The summed E-state index contributed by atoms with van der Waals surface area (Å²) in [5.41, 5.74) is 1.52. The molecule has 0 spiro atoms. The number of fused-ring (bicyclic) bond motifs is 1. The lowest BCUT2D eigenvalue weighted by Gasteiger charge is -2.18. The zero-order valence-electron chi connectivity index (χ0n) is 12.3. The Morgan fingerprint density at radius 1 is 1.15 bits per heavy atom. The average molecular weight is 276 g/mol. The van der Waals surface area contributed by atoms with Crippen LogP contribution in [0.5, 0.6) is 11.5 Å². The average Bonchev–Trinajstić information content (AvgIpc) is 2.89. The Morgan fingerprint density at radius 3 is 2.30 bits per heavy atom. The van der Waals surface area contributed by atoms with Gasteiger partial charge in [-0.15, -0.1) is 0 Å². The molecule has 1 heterocycles. The molecule has 2 aromatic rings. The van der Waals surface area contributed by atoms with E-state index < -0.39 is 0 Å². The number of H-pyrrole nitrogens is 1. The number of amides is 1. The number of aromatic nitrogens is 1. The van der Waals surface area contributed by atoms with Crippen LogP contribution in [0, 0.1) is 0 Å². The highest BCUT2D eigenvalue weighted by molar-refractivity contribution is 6.07. The minimum atomic E-state index is 0.0217. The monoisotopic (exact) mass is 276 g/mol. The van der Waals surface area contributed by atoms with Crippen LogP contribution in [0.25, 0.3) is 10.9 Å². The number of ether oxygens (including phenoxy) is 2. The molecule has 20 heavy (non-hydrogen) atoms. The fraction of sp³-hybridized carbons (Fsp3) is 0.400. The highest BCUT2D eigenvalue weighted by Crippen LogP contribution is 2.33. The molecule has 1 N–H and O–H groups in total. The smallest absolute Gasteiger partial charge is 0.256 e. The van der Waals surface area contributed by atoms with Crippen molar-refractivity contribution in [2.75, 3.05) is 27.3 Å². The number of hydrogen-bond acceptors (Lipinski definition) is 3. The summed E-state index contributed by atoms with van der Waals surface area (Å²) in [7, 11) is 3.18.